The molecule has 1 aromatic carbocycles. The smallest absolute Gasteiger partial charge is 0.302 e. The van der Waals surface area contributed by atoms with Crippen LogP contribution in [0.1, 0.15) is 49.4 Å². The molecule has 3 heterocycles. The van der Waals surface area contributed by atoms with Gasteiger partial charge in [-0.1, -0.05) is 56.8 Å². The lowest BCUT2D eigenvalue weighted by molar-refractivity contribution is -0.142. The molecule has 2 aliphatic rings. The molecule has 0 unspecified atom stereocenters. The fourth-order valence-electron chi connectivity index (χ4n) is 5.42. The first-order chi connectivity index (χ1) is 22.4. The Labute approximate surface area is 276 Å². The molecule has 0 saturated carbocycles. The minimum Gasteiger partial charge on any atom is -0.507 e. The SMILES string of the molecule is C=C/C=C\C(=C)C(=O)N(CCO)CC(N)=O.CC.CC(=O)OCc1c(O)cc2n(c1=O)Cc1c-2nc2cc(F)c(Cl)c3c2c1CCC3. The van der Waals surface area contributed by atoms with Gasteiger partial charge in [-0.05, 0) is 30.4 Å². The van der Waals surface area contributed by atoms with Crippen molar-refractivity contribution in [2.75, 3.05) is 19.7 Å². The van der Waals surface area contributed by atoms with Gasteiger partial charge in [-0.3, -0.25) is 19.2 Å². The zero-order chi connectivity index (χ0) is 35.0. The van der Waals surface area contributed by atoms with Gasteiger partial charge < -0.3 is 30.2 Å². The van der Waals surface area contributed by atoms with Crippen molar-refractivity contribution in [3.8, 4) is 17.1 Å². The minimum atomic E-state index is -0.637. The van der Waals surface area contributed by atoms with Gasteiger partial charge in [-0.2, -0.15) is 0 Å². The molecule has 250 valence electrons. The number of hydrogen-bond acceptors (Lipinski definition) is 8. The van der Waals surface area contributed by atoms with Crippen molar-refractivity contribution in [2.24, 2.45) is 5.73 Å². The third kappa shape index (κ3) is 7.95. The van der Waals surface area contributed by atoms with Crippen LogP contribution in [0.2, 0.25) is 5.02 Å². The number of esters is 1. The van der Waals surface area contributed by atoms with Crippen LogP contribution in [0.3, 0.4) is 0 Å². The Hall–Kier alpha value is -4.81. The maximum Gasteiger partial charge on any atom is 0.302 e. The van der Waals surface area contributed by atoms with E-state index >= 15 is 0 Å². The molecule has 0 bridgehead atoms. The van der Waals surface area contributed by atoms with Gasteiger partial charge in [-0.25, -0.2) is 9.37 Å². The summed E-state index contributed by atoms with van der Waals surface area (Å²) >= 11 is 6.21. The van der Waals surface area contributed by atoms with Crippen molar-refractivity contribution in [3.63, 3.8) is 0 Å². The number of carbonyl (C=O) groups is 3. The number of aromatic hydroxyl groups is 1. The summed E-state index contributed by atoms with van der Waals surface area (Å²) in [5, 5.41) is 20.1. The Bertz CT molecular complexity index is 1830. The molecule has 1 aliphatic carbocycles. The molecule has 47 heavy (non-hydrogen) atoms. The van der Waals surface area contributed by atoms with E-state index in [1.54, 1.807) is 6.08 Å². The van der Waals surface area contributed by atoms with E-state index in [9.17, 15) is 28.7 Å². The molecule has 0 radical (unpaired) electrons. The number of fused-ring (bicyclic) bond motifs is 4. The summed E-state index contributed by atoms with van der Waals surface area (Å²) in [6.07, 6.45) is 6.83. The predicted molar refractivity (Wildman–Crippen MR) is 177 cm³/mol. The number of allylic oxidation sites excluding steroid dienone is 2. The zero-order valence-corrected chi connectivity index (χ0v) is 27.3. The van der Waals surface area contributed by atoms with Gasteiger partial charge in [-0.15, -0.1) is 0 Å². The number of aryl methyl sites for hydroxylation is 2. The number of pyridine rings is 2. The van der Waals surface area contributed by atoms with Crippen molar-refractivity contribution >= 4 is 40.3 Å². The van der Waals surface area contributed by atoms with Crippen molar-refractivity contribution in [1.29, 1.82) is 0 Å². The summed E-state index contributed by atoms with van der Waals surface area (Å²) in [6.45, 7) is 11.8. The van der Waals surface area contributed by atoms with Crippen LogP contribution in [-0.4, -0.2) is 62.1 Å². The van der Waals surface area contributed by atoms with Crippen LogP contribution in [0.4, 0.5) is 4.39 Å². The Morgan fingerprint density at radius 3 is 2.51 bits per heavy atom. The second kappa shape index (κ2) is 16.1. The summed E-state index contributed by atoms with van der Waals surface area (Å²) in [5.74, 6) is -2.38. The first-order valence-electron chi connectivity index (χ1n) is 15.0. The summed E-state index contributed by atoms with van der Waals surface area (Å²) in [5.41, 5.74) is 8.98. The molecule has 13 heteroatoms. The highest BCUT2D eigenvalue weighted by molar-refractivity contribution is 6.32. The van der Waals surface area contributed by atoms with Crippen LogP contribution < -0.4 is 11.3 Å². The molecule has 0 atom stereocenters. The van der Waals surface area contributed by atoms with Gasteiger partial charge in [0.1, 0.15) is 18.2 Å². The number of benzene rings is 1. The van der Waals surface area contributed by atoms with Crippen LogP contribution in [0, 0.1) is 5.82 Å². The number of ether oxygens (including phenoxy) is 1. The summed E-state index contributed by atoms with van der Waals surface area (Å²) in [6, 6.07) is 2.78. The molecule has 5 rings (SSSR count). The van der Waals surface area contributed by atoms with Gasteiger partial charge in [0.2, 0.25) is 5.91 Å². The first kappa shape index (κ1) is 36.7. The van der Waals surface area contributed by atoms with E-state index in [-0.39, 0.29) is 48.2 Å². The van der Waals surface area contributed by atoms with Crippen molar-refractivity contribution < 1.29 is 33.7 Å². The average molecular weight is 669 g/mol. The number of aliphatic hydroxyl groups excluding tert-OH is 1. The van der Waals surface area contributed by atoms with E-state index in [0.717, 1.165) is 39.8 Å². The summed E-state index contributed by atoms with van der Waals surface area (Å²) in [4.78, 5) is 52.2. The fraction of sp³-hybridized carbons (Fsp3) is 0.324. The minimum absolute atomic E-state index is 0.0183. The number of halogens is 2. The van der Waals surface area contributed by atoms with Crippen molar-refractivity contribution in [3.05, 3.63) is 92.5 Å². The second-order valence-electron chi connectivity index (χ2n) is 10.4. The largest absolute Gasteiger partial charge is 0.507 e. The molecule has 0 saturated heterocycles. The van der Waals surface area contributed by atoms with E-state index in [1.807, 2.05) is 13.8 Å². The lowest BCUT2D eigenvalue weighted by atomic mass is 9.87. The van der Waals surface area contributed by atoms with Crippen LogP contribution in [0.25, 0.3) is 22.3 Å². The van der Waals surface area contributed by atoms with Gasteiger partial charge in [0, 0.05) is 42.1 Å². The molecular formula is C34H38ClFN4O7. The van der Waals surface area contributed by atoms with Crippen LogP contribution in [0.5, 0.6) is 5.75 Å². The Kier molecular flexibility index (Phi) is 12.6. The monoisotopic (exact) mass is 668 g/mol. The topological polar surface area (TPSA) is 165 Å². The summed E-state index contributed by atoms with van der Waals surface area (Å²) in [7, 11) is 0. The quantitative estimate of drug-likeness (QED) is 0.136. The maximum absolute atomic E-state index is 14.3. The number of nitrogens with zero attached hydrogens (tertiary/aromatic N) is 3. The van der Waals surface area contributed by atoms with Crippen LogP contribution in [-0.2, 0) is 45.1 Å². The number of primary amides is 1. The molecule has 2 amide bonds. The van der Waals surface area contributed by atoms with E-state index in [0.29, 0.717) is 29.9 Å². The normalized spacial score (nSPS) is 12.2. The lowest BCUT2D eigenvalue weighted by Crippen LogP contribution is -2.40. The van der Waals surface area contributed by atoms with Crippen molar-refractivity contribution in [2.45, 2.75) is 53.2 Å². The van der Waals surface area contributed by atoms with Crippen LogP contribution in [0.15, 0.2) is 53.9 Å². The first-order valence-corrected chi connectivity index (χ1v) is 15.4. The highest BCUT2D eigenvalue weighted by Gasteiger charge is 2.31. The van der Waals surface area contributed by atoms with Gasteiger partial charge in [0.25, 0.3) is 11.5 Å². The molecule has 0 spiro atoms. The molecular weight excluding hydrogens is 631 g/mol. The molecule has 2 aromatic heterocycles. The number of aliphatic hydroxyl groups is 1. The highest BCUT2D eigenvalue weighted by atomic mass is 35.5. The van der Waals surface area contributed by atoms with Gasteiger partial charge in [0.15, 0.2) is 0 Å². The molecule has 11 nitrogen and oxygen atoms in total. The van der Waals surface area contributed by atoms with E-state index in [2.05, 4.69) is 18.1 Å². The zero-order valence-electron chi connectivity index (χ0n) is 26.6. The van der Waals surface area contributed by atoms with Crippen LogP contribution >= 0.6 is 11.6 Å². The number of hydrogen-bond donors (Lipinski definition) is 3. The Morgan fingerprint density at radius 1 is 1.21 bits per heavy atom. The number of amides is 2. The lowest BCUT2D eigenvalue weighted by Gasteiger charge is -2.21. The standard InChI is InChI=1S/C21H16ClFN2O4.C11H16N2O3.C2H6/c1-9(26)29-8-13-17(27)6-16-20-12(7-25(16)21(13)28)10-3-2-4-11-18(10)15(24-20)5-14(23)19(11)22;1-3-4-5-9(2)11(16)13(6-7-14)8-10(12)15;1-2/h5-6,27H,2-4,7-8H2,1H3;3-5,14H,1-2,6-8H2,(H2,12,15);1-2H3/b;5-4-;. The third-order valence-corrected chi connectivity index (χ3v) is 7.81. The van der Waals surface area contributed by atoms with E-state index < -0.39 is 29.2 Å². The Balaban J connectivity index is 0.000000287. The predicted octanol–water partition coefficient (Wildman–Crippen LogP) is 4.09. The van der Waals surface area contributed by atoms with Gasteiger partial charge >= 0.3 is 5.97 Å². The Morgan fingerprint density at radius 2 is 1.89 bits per heavy atom. The molecule has 3 aromatic rings. The molecule has 0 fully saturated rings. The summed E-state index contributed by atoms with van der Waals surface area (Å²) < 4.78 is 20.7. The second-order valence-corrected chi connectivity index (χ2v) is 10.8. The maximum atomic E-state index is 14.3. The highest BCUT2D eigenvalue weighted by Crippen LogP contribution is 2.42. The number of aromatic nitrogens is 2. The fourth-order valence-corrected chi connectivity index (χ4v) is 5.67. The average Bonchev–Trinajstić information content (AvgIpc) is 3.41. The third-order valence-electron chi connectivity index (χ3n) is 7.40. The van der Waals surface area contributed by atoms with Gasteiger partial charge in [0.05, 0.1) is 47.2 Å². The van der Waals surface area contributed by atoms with Crippen molar-refractivity contribution in [1.82, 2.24) is 14.5 Å². The van der Waals surface area contributed by atoms with E-state index in [1.165, 1.54) is 35.8 Å². The van der Waals surface area contributed by atoms with E-state index in [4.69, 9.17) is 27.2 Å². The number of rotatable bonds is 9. The molecule has 4 N–H and O–H groups in total. The number of nitrogens with two attached hydrogens (primary N) is 1. The number of carbonyl (C=O) groups excluding carboxylic acids is 3. The molecule has 1 aliphatic heterocycles.